The fourth-order valence-corrected chi connectivity index (χ4v) is 3.23. The summed E-state index contributed by atoms with van der Waals surface area (Å²) in [6.45, 7) is 4.47. The van der Waals surface area contributed by atoms with Crippen molar-refractivity contribution in [3.63, 3.8) is 0 Å². The Morgan fingerprint density at radius 3 is 2.83 bits per heavy atom. The van der Waals surface area contributed by atoms with Gasteiger partial charge in [-0.25, -0.2) is 4.98 Å². The Labute approximate surface area is 139 Å². The molecule has 1 aromatic heterocycles. The normalized spacial score (nSPS) is 11.4. The summed E-state index contributed by atoms with van der Waals surface area (Å²) in [5, 5.41) is 14.4. The van der Waals surface area contributed by atoms with E-state index < -0.39 is 0 Å². The van der Waals surface area contributed by atoms with Crippen molar-refractivity contribution >= 4 is 33.8 Å². The van der Waals surface area contributed by atoms with E-state index in [1.165, 1.54) is 11.3 Å². The summed E-state index contributed by atoms with van der Waals surface area (Å²) < 4.78 is 5.76. The van der Waals surface area contributed by atoms with E-state index in [0.717, 1.165) is 32.8 Å². The molecule has 0 N–H and O–H groups in total. The smallest absolute Gasteiger partial charge is 0.134 e. The third-order valence-corrected chi connectivity index (χ3v) is 4.48. The minimum atomic E-state index is 0.556. The van der Waals surface area contributed by atoms with Gasteiger partial charge >= 0.3 is 0 Å². The molecule has 0 fully saturated rings. The second-order valence-corrected chi connectivity index (χ2v) is 5.95. The molecule has 0 aliphatic carbocycles. The topological polar surface area (TPSA) is 45.9 Å². The molecule has 4 heteroatoms. The van der Waals surface area contributed by atoms with Crippen LogP contribution in [0.3, 0.4) is 0 Å². The molecule has 23 heavy (non-hydrogen) atoms. The number of allylic oxidation sites excluding steroid dienone is 1. The summed E-state index contributed by atoms with van der Waals surface area (Å²) >= 11 is 1.48. The number of thiazole rings is 1. The predicted octanol–water partition coefficient (Wildman–Crippen LogP) is 5.07. The van der Waals surface area contributed by atoms with Crippen LogP contribution in [0.5, 0.6) is 5.75 Å². The quantitative estimate of drug-likeness (QED) is 0.631. The Balaban J connectivity index is 2.22. The minimum absolute atomic E-state index is 0.556. The molecule has 0 unspecified atom stereocenters. The first kappa shape index (κ1) is 15.3. The number of fused-ring (bicyclic) bond motifs is 1. The number of hydrogen-bond acceptors (Lipinski definition) is 4. The number of nitriles is 1. The third-order valence-electron chi connectivity index (χ3n) is 3.49. The second kappa shape index (κ2) is 6.64. The molecular formula is C19H16N2OS. The van der Waals surface area contributed by atoms with E-state index in [4.69, 9.17) is 4.74 Å². The van der Waals surface area contributed by atoms with Crippen LogP contribution >= 0.6 is 11.3 Å². The zero-order chi connectivity index (χ0) is 16.2. The molecule has 114 valence electrons. The highest BCUT2D eigenvalue weighted by Gasteiger charge is 2.11. The lowest BCUT2D eigenvalue weighted by Gasteiger charge is -2.11. The third kappa shape index (κ3) is 3.10. The molecule has 0 spiro atoms. The molecule has 0 bridgehead atoms. The number of nitrogens with zero attached hydrogens (tertiary/aromatic N) is 2. The molecule has 0 radical (unpaired) electrons. The number of hydrogen-bond donors (Lipinski definition) is 0. The van der Waals surface area contributed by atoms with Crippen molar-refractivity contribution in [1.29, 1.82) is 5.26 Å². The van der Waals surface area contributed by atoms with Crippen LogP contribution in [0.1, 0.15) is 23.2 Å². The number of benzene rings is 2. The molecule has 2 aromatic carbocycles. The zero-order valence-corrected chi connectivity index (χ0v) is 13.9. The van der Waals surface area contributed by atoms with Crippen molar-refractivity contribution in [1.82, 2.24) is 4.98 Å². The lowest BCUT2D eigenvalue weighted by Crippen LogP contribution is -1.95. The molecule has 0 saturated heterocycles. The molecule has 3 rings (SSSR count). The van der Waals surface area contributed by atoms with Gasteiger partial charge in [0, 0.05) is 16.6 Å². The van der Waals surface area contributed by atoms with Crippen molar-refractivity contribution in [3.05, 3.63) is 58.0 Å². The van der Waals surface area contributed by atoms with Crippen molar-refractivity contribution < 1.29 is 4.74 Å². The molecule has 0 saturated carbocycles. The van der Waals surface area contributed by atoms with Crippen LogP contribution in [0, 0.1) is 18.3 Å². The van der Waals surface area contributed by atoms with Crippen LogP contribution in [0.2, 0.25) is 0 Å². The van der Waals surface area contributed by atoms with Crippen molar-refractivity contribution in [2.75, 3.05) is 6.61 Å². The van der Waals surface area contributed by atoms with Crippen LogP contribution in [-0.4, -0.2) is 11.6 Å². The SMILES string of the molecule is CCOc1ccc2ccccc2c1/C=C(\C#N)c1nc(C)cs1. The molecule has 0 aliphatic heterocycles. The van der Waals surface area contributed by atoms with Crippen LogP contribution in [-0.2, 0) is 0 Å². The van der Waals surface area contributed by atoms with Gasteiger partial charge < -0.3 is 4.74 Å². The molecule has 3 aromatic rings. The van der Waals surface area contributed by atoms with Gasteiger partial charge in [-0.3, -0.25) is 0 Å². The van der Waals surface area contributed by atoms with E-state index in [-0.39, 0.29) is 0 Å². The zero-order valence-electron chi connectivity index (χ0n) is 13.0. The lowest BCUT2D eigenvalue weighted by molar-refractivity contribution is 0.340. The Morgan fingerprint density at radius 2 is 2.13 bits per heavy atom. The van der Waals surface area contributed by atoms with Gasteiger partial charge in [-0.2, -0.15) is 5.26 Å². The standard InChI is InChI=1S/C19H16N2OS/c1-3-22-18-9-8-14-6-4-5-7-16(14)17(18)10-15(11-20)19-21-13(2)12-23-19/h4-10,12H,3H2,1-2H3/b15-10+. The van der Waals surface area contributed by atoms with E-state index in [0.29, 0.717) is 12.2 Å². The average molecular weight is 320 g/mol. The second-order valence-electron chi connectivity index (χ2n) is 5.10. The molecule has 0 aliphatic rings. The first-order valence-electron chi connectivity index (χ1n) is 7.41. The van der Waals surface area contributed by atoms with Crippen molar-refractivity contribution in [3.8, 4) is 11.8 Å². The predicted molar refractivity (Wildman–Crippen MR) is 95.5 cm³/mol. The van der Waals surface area contributed by atoms with Gasteiger partial charge in [0.25, 0.3) is 0 Å². The number of aryl methyl sites for hydroxylation is 1. The van der Waals surface area contributed by atoms with Crippen LogP contribution < -0.4 is 4.74 Å². The summed E-state index contributed by atoms with van der Waals surface area (Å²) in [5.74, 6) is 0.784. The van der Waals surface area contributed by atoms with Gasteiger partial charge in [0.1, 0.15) is 16.8 Å². The van der Waals surface area contributed by atoms with E-state index in [1.54, 1.807) is 0 Å². The summed E-state index contributed by atoms with van der Waals surface area (Å²) in [4.78, 5) is 4.42. The van der Waals surface area contributed by atoms with Gasteiger partial charge in [-0.1, -0.05) is 30.3 Å². The average Bonchev–Trinajstić information content (AvgIpc) is 3.00. The molecule has 0 amide bonds. The fraction of sp³-hybridized carbons (Fsp3) is 0.158. The lowest BCUT2D eigenvalue weighted by atomic mass is 10.0. The number of rotatable bonds is 4. The summed E-state index contributed by atoms with van der Waals surface area (Å²) in [6.07, 6.45) is 1.88. The maximum Gasteiger partial charge on any atom is 0.134 e. The number of ether oxygens (including phenoxy) is 1. The first-order chi connectivity index (χ1) is 11.2. The number of aromatic nitrogens is 1. The molecule has 3 nitrogen and oxygen atoms in total. The monoisotopic (exact) mass is 320 g/mol. The summed E-state index contributed by atoms with van der Waals surface area (Å²) in [5.41, 5.74) is 2.41. The van der Waals surface area contributed by atoms with E-state index >= 15 is 0 Å². The van der Waals surface area contributed by atoms with Gasteiger partial charge in [-0.05, 0) is 36.8 Å². The maximum absolute atomic E-state index is 9.55. The minimum Gasteiger partial charge on any atom is -0.493 e. The fourth-order valence-electron chi connectivity index (χ4n) is 2.47. The highest BCUT2D eigenvalue weighted by Crippen LogP contribution is 2.32. The van der Waals surface area contributed by atoms with Gasteiger partial charge in [0.05, 0.1) is 12.2 Å². The first-order valence-corrected chi connectivity index (χ1v) is 8.29. The van der Waals surface area contributed by atoms with E-state index in [2.05, 4.69) is 17.1 Å². The van der Waals surface area contributed by atoms with Gasteiger partial charge in [0.2, 0.25) is 0 Å². The van der Waals surface area contributed by atoms with Crippen LogP contribution in [0.4, 0.5) is 0 Å². The van der Waals surface area contributed by atoms with Crippen molar-refractivity contribution in [2.24, 2.45) is 0 Å². The molecule has 1 heterocycles. The maximum atomic E-state index is 9.55. The summed E-state index contributed by atoms with van der Waals surface area (Å²) in [7, 11) is 0. The molecular weight excluding hydrogens is 304 g/mol. The van der Waals surface area contributed by atoms with Crippen LogP contribution in [0.25, 0.3) is 22.4 Å². The van der Waals surface area contributed by atoms with E-state index in [1.807, 2.05) is 55.6 Å². The Morgan fingerprint density at radius 1 is 1.30 bits per heavy atom. The van der Waals surface area contributed by atoms with Crippen LogP contribution in [0.15, 0.2) is 41.8 Å². The highest BCUT2D eigenvalue weighted by molar-refractivity contribution is 7.11. The Kier molecular flexibility index (Phi) is 4.40. The summed E-state index contributed by atoms with van der Waals surface area (Å²) in [6, 6.07) is 14.4. The van der Waals surface area contributed by atoms with E-state index in [9.17, 15) is 5.26 Å². The van der Waals surface area contributed by atoms with Gasteiger partial charge in [0.15, 0.2) is 0 Å². The Hall–Kier alpha value is -2.64. The van der Waals surface area contributed by atoms with Gasteiger partial charge in [-0.15, -0.1) is 11.3 Å². The highest BCUT2D eigenvalue weighted by atomic mass is 32.1. The Bertz CT molecular complexity index is 919. The van der Waals surface area contributed by atoms with Crippen molar-refractivity contribution in [2.45, 2.75) is 13.8 Å². The largest absolute Gasteiger partial charge is 0.493 e. The molecule has 0 atom stereocenters.